The summed E-state index contributed by atoms with van der Waals surface area (Å²) in [6, 6.07) is 4.13. The molecule has 0 aromatic carbocycles. The summed E-state index contributed by atoms with van der Waals surface area (Å²) in [6.45, 7) is 13.7. The van der Waals surface area contributed by atoms with Gasteiger partial charge in [-0.15, -0.1) is 0 Å². The van der Waals surface area contributed by atoms with Crippen LogP contribution in [0, 0.1) is 17.3 Å². The van der Waals surface area contributed by atoms with E-state index in [0.717, 1.165) is 25.0 Å². The van der Waals surface area contributed by atoms with Crippen molar-refractivity contribution < 1.29 is 0 Å². The first-order chi connectivity index (χ1) is 7.89. The summed E-state index contributed by atoms with van der Waals surface area (Å²) in [4.78, 5) is 0. The Labute approximate surface area is 106 Å². The molecule has 0 radical (unpaired) electrons. The van der Waals surface area contributed by atoms with Crippen LogP contribution in [0.4, 0.5) is 0 Å². The molecule has 0 aliphatic heterocycles. The molecule has 2 heteroatoms. The third-order valence-electron chi connectivity index (χ3n) is 3.33. The summed E-state index contributed by atoms with van der Waals surface area (Å²) in [5.74, 6) is 1.51. The first-order valence-corrected chi connectivity index (χ1v) is 6.71. The molecule has 0 bridgehead atoms. The summed E-state index contributed by atoms with van der Waals surface area (Å²) >= 11 is 0. The second-order valence-corrected chi connectivity index (χ2v) is 6.50. The zero-order chi connectivity index (χ0) is 12.9. The van der Waals surface area contributed by atoms with Gasteiger partial charge in [-0.3, -0.25) is 5.32 Å². The van der Waals surface area contributed by atoms with Gasteiger partial charge in [0.1, 0.15) is 0 Å². The monoisotopic (exact) mass is 236 g/mol. The Morgan fingerprint density at radius 3 is 2.18 bits per heavy atom. The minimum Gasteiger partial charge on any atom is -0.341 e. The fraction of sp³-hybridized carbons (Fsp3) is 0.733. The lowest BCUT2D eigenvalue weighted by atomic mass is 9.76. The molecule has 0 saturated carbocycles. The highest BCUT2D eigenvalue weighted by Crippen LogP contribution is 2.30. The van der Waals surface area contributed by atoms with Crippen molar-refractivity contribution in [1.29, 1.82) is 0 Å². The third-order valence-corrected chi connectivity index (χ3v) is 3.33. The van der Waals surface area contributed by atoms with E-state index in [1.165, 1.54) is 6.42 Å². The molecule has 0 saturated heterocycles. The lowest BCUT2D eigenvalue weighted by Gasteiger charge is -2.32. The van der Waals surface area contributed by atoms with E-state index >= 15 is 0 Å². The topological polar surface area (TPSA) is 17.0 Å². The molecule has 0 aliphatic carbocycles. The average Bonchev–Trinajstić information content (AvgIpc) is 2.67. The molecule has 98 valence electrons. The summed E-state index contributed by atoms with van der Waals surface area (Å²) in [5, 5.41) is 3.56. The highest BCUT2D eigenvalue weighted by molar-refractivity contribution is 4.90. The molecule has 0 amide bonds. The summed E-state index contributed by atoms with van der Waals surface area (Å²) in [6.07, 6.45) is 5.49. The van der Waals surface area contributed by atoms with Crippen LogP contribution in [0.25, 0.3) is 0 Å². The second kappa shape index (κ2) is 6.25. The number of hydrogen-bond donors (Lipinski definition) is 1. The average molecular weight is 236 g/mol. The van der Waals surface area contributed by atoms with Gasteiger partial charge >= 0.3 is 0 Å². The van der Waals surface area contributed by atoms with Gasteiger partial charge in [-0.05, 0) is 35.8 Å². The number of nitrogens with zero attached hydrogens (tertiary/aromatic N) is 1. The van der Waals surface area contributed by atoms with Gasteiger partial charge in [0.25, 0.3) is 0 Å². The predicted octanol–water partition coefficient (Wildman–Crippen LogP) is 3.74. The van der Waals surface area contributed by atoms with Gasteiger partial charge < -0.3 is 4.57 Å². The van der Waals surface area contributed by atoms with Gasteiger partial charge in [0.15, 0.2) is 0 Å². The smallest absolute Gasteiger partial charge is 0.0720 e. The van der Waals surface area contributed by atoms with Crippen LogP contribution in [0.15, 0.2) is 24.5 Å². The molecule has 0 spiro atoms. The molecule has 2 nitrogen and oxygen atoms in total. The number of hydrogen-bond acceptors (Lipinski definition) is 1. The third kappa shape index (κ3) is 5.40. The van der Waals surface area contributed by atoms with Gasteiger partial charge in [0.2, 0.25) is 0 Å². The maximum atomic E-state index is 3.56. The molecule has 0 aliphatic rings. The van der Waals surface area contributed by atoms with Crippen molar-refractivity contribution in [3.05, 3.63) is 24.5 Å². The SMILES string of the molecule is CC(C)CC(CNCn1cccc1)C(C)(C)C. The standard InChI is InChI=1S/C15H28N2/c1-13(2)10-14(15(3,4)5)11-16-12-17-8-6-7-9-17/h6-9,13-14,16H,10-12H2,1-5H3. The van der Waals surface area contributed by atoms with Crippen molar-refractivity contribution in [2.24, 2.45) is 17.3 Å². The molecule has 1 unspecified atom stereocenters. The summed E-state index contributed by atoms with van der Waals surface area (Å²) < 4.78 is 2.18. The van der Waals surface area contributed by atoms with Crippen LogP contribution < -0.4 is 5.32 Å². The van der Waals surface area contributed by atoms with E-state index in [2.05, 4.69) is 69.0 Å². The maximum absolute atomic E-state index is 3.56. The molecule has 1 aromatic heterocycles. The van der Waals surface area contributed by atoms with Crippen LogP contribution in [0.3, 0.4) is 0 Å². The van der Waals surface area contributed by atoms with Crippen molar-refractivity contribution in [3.8, 4) is 0 Å². The van der Waals surface area contributed by atoms with Crippen molar-refractivity contribution in [2.45, 2.75) is 47.7 Å². The number of rotatable bonds is 6. The van der Waals surface area contributed by atoms with Crippen LogP contribution in [0.5, 0.6) is 0 Å². The largest absolute Gasteiger partial charge is 0.341 e. The Morgan fingerprint density at radius 1 is 1.12 bits per heavy atom. The Kier molecular flexibility index (Phi) is 5.26. The van der Waals surface area contributed by atoms with E-state index in [1.54, 1.807) is 0 Å². The van der Waals surface area contributed by atoms with Crippen LogP contribution in [-0.2, 0) is 6.67 Å². The van der Waals surface area contributed by atoms with E-state index in [4.69, 9.17) is 0 Å². The minimum absolute atomic E-state index is 0.383. The molecule has 1 N–H and O–H groups in total. The highest BCUT2D eigenvalue weighted by atomic mass is 15.1. The van der Waals surface area contributed by atoms with Crippen molar-refractivity contribution in [2.75, 3.05) is 6.54 Å². The van der Waals surface area contributed by atoms with Crippen LogP contribution in [0.1, 0.15) is 41.0 Å². The molecular weight excluding hydrogens is 208 g/mol. The Morgan fingerprint density at radius 2 is 1.71 bits per heavy atom. The van der Waals surface area contributed by atoms with Gasteiger partial charge in [-0.25, -0.2) is 0 Å². The van der Waals surface area contributed by atoms with Crippen molar-refractivity contribution in [1.82, 2.24) is 9.88 Å². The number of nitrogens with one attached hydrogen (secondary N) is 1. The van der Waals surface area contributed by atoms with E-state index in [1.807, 2.05) is 0 Å². The quantitative estimate of drug-likeness (QED) is 0.796. The molecule has 0 fully saturated rings. The molecule has 1 aromatic rings. The first kappa shape index (κ1) is 14.3. The lowest BCUT2D eigenvalue weighted by molar-refractivity contribution is 0.194. The fourth-order valence-electron chi connectivity index (χ4n) is 2.16. The lowest BCUT2D eigenvalue weighted by Crippen LogP contribution is -2.33. The normalized spacial score (nSPS) is 14.2. The van der Waals surface area contributed by atoms with E-state index < -0.39 is 0 Å². The van der Waals surface area contributed by atoms with Crippen LogP contribution in [-0.4, -0.2) is 11.1 Å². The zero-order valence-electron chi connectivity index (χ0n) is 12.0. The van der Waals surface area contributed by atoms with Gasteiger partial charge in [-0.2, -0.15) is 0 Å². The van der Waals surface area contributed by atoms with E-state index in [9.17, 15) is 0 Å². The Hall–Kier alpha value is -0.760. The minimum atomic E-state index is 0.383. The summed E-state index contributed by atoms with van der Waals surface area (Å²) in [7, 11) is 0. The van der Waals surface area contributed by atoms with E-state index in [-0.39, 0.29) is 0 Å². The fourth-order valence-corrected chi connectivity index (χ4v) is 2.16. The Bertz CT molecular complexity index is 293. The summed E-state index contributed by atoms with van der Waals surface area (Å²) in [5.41, 5.74) is 0.383. The molecule has 17 heavy (non-hydrogen) atoms. The predicted molar refractivity (Wildman–Crippen MR) is 74.8 cm³/mol. The molecular formula is C15H28N2. The number of aromatic nitrogens is 1. The molecule has 1 heterocycles. The van der Waals surface area contributed by atoms with Gasteiger partial charge in [-0.1, -0.05) is 34.6 Å². The highest BCUT2D eigenvalue weighted by Gasteiger charge is 2.24. The van der Waals surface area contributed by atoms with Crippen LogP contribution in [0.2, 0.25) is 0 Å². The van der Waals surface area contributed by atoms with Crippen molar-refractivity contribution >= 4 is 0 Å². The maximum Gasteiger partial charge on any atom is 0.0720 e. The Balaban J connectivity index is 2.39. The first-order valence-electron chi connectivity index (χ1n) is 6.71. The van der Waals surface area contributed by atoms with Gasteiger partial charge in [0, 0.05) is 18.9 Å². The molecule has 1 rings (SSSR count). The van der Waals surface area contributed by atoms with Crippen molar-refractivity contribution in [3.63, 3.8) is 0 Å². The van der Waals surface area contributed by atoms with E-state index in [0.29, 0.717) is 5.41 Å². The molecule has 1 atom stereocenters. The van der Waals surface area contributed by atoms with Crippen LogP contribution >= 0.6 is 0 Å². The second-order valence-electron chi connectivity index (χ2n) is 6.50. The van der Waals surface area contributed by atoms with Gasteiger partial charge in [0.05, 0.1) is 6.67 Å². The zero-order valence-corrected chi connectivity index (χ0v) is 12.0.